The van der Waals surface area contributed by atoms with E-state index in [2.05, 4.69) is 11.4 Å². The first-order chi connectivity index (χ1) is 9.60. The summed E-state index contributed by atoms with van der Waals surface area (Å²) >= 11 is 0. The lowest BCUT2D eigenvalue weighted by Gasteiger charge is -2.23. The molecule has 0 bridgehead atoms. The molecule has 0 aromatic heterocycles. The van der Waals surface area contributed by atoms with Gasteiger partial charge in [-0.25, -0.2) is 4.39 Å². The van der Waals surface area contributed by atoms with Gasteiger partial charge in [-0.2, -0.15) is 0 Å². The molecule has 0 radical (unpaired) electrons. The van der Waals surface area contributed by atoms with Gasteiger partial charge in [-0.3, -0.25) is 0 Å². The topological polar surface area (TPSA) is 29.1 Å². The second-order valence-electron chi connectivity index (χ2n) is 4.72. The Morgan fingerprint density at radius 3 is 2.35 bits per heavy atom. The monoisotopic (exact) mass is 281 g/mol. The van der Waals surface area contributed by atoms with Crippen LogP contribution in [0.3, 0.4) is 0 Å². The Morgan fingerprint density at radius 1 is 1.30 bits per heavy atom. The Labute approximate surface area is 122 Å². The summed E-state index contributed by atoms with van der Waals surface area (Å²) in [7, 11) is 0. The summed E-state index contributed by atoms with van der Waals surface area (Å²) in [4.78, 5) is 8.81. The van der Waals surface area contributed by atoms with Crippen LogP contribution in [0.5, 0.6) is 0 Å². The van der Waals surface area contributed by atoms with E-state index >= 15 is 0 Å². The number of carbonyl (C=O) groups excluding carboxylic acids is 1. The normalized spacial score (nSPS) is 17.2. The standard InChI is InChI=1S/C13H18FN.C2H4O.C2H6/c1-9-6-12(7-13(14)10(9)2)11-4-3-5-15-8-11;1-2-3;1-2/h6-7,11,15H,3-5,8H2,1-2H3;2H,1H3;1-2H3. The largest absolute Gasteiger partial charge is 0.316 e. The van der Waals surface area contributed by atoms with Crippen LogP contribution in [0.25, 0.3) is 0 Å². The predicted molar refractivity (Wildman–Crippen MR) is 83.8 cm³/mol. The van der Waals surface area contributed by atoms with Crippen LogP contribution in [0.1, 0.15) is 56.2 Å². The van der Waals surface area contributed by atoms with Gasteiger partial charge in [-0.05, 0) is 68.8 Å². The lowest BCUT2D eigenvalue weighted by molar-refractivity contribution is -0.106. The predicted octanol–water partition coefficient (Wildman–Crippen LogP) is 4.14. The maximum Gasteiger partial charge on any atom is 0.126 e. The SMILES string of the molecule is CC.CC=O.Cc1cc(C2CCCNC2)cc(F)c1C. The highest BCUT2D eigenvalue weighted by Crippen LogP contribution is 2.26. The molecule has 114 valence electrons. The van der Waals surface area contributed by atoms with Gasteiger partial charge in [-0.1, -0.05) is 19.9 Å². The second-order valence-corrected chi connectivity index (χ2v) is 4.72. The summed E-state index contributed by atoms with van der Waals surface area (Å²) in [6, 6.07) is 3.84. The number of aryl methyl sites for hydroxylation is 1. The number of halogens is 1. The summed E-state index contributed by atoms with van der Waals surface area (Å²) in [6.45, 7) is 11.4. The maximum atomic E-state index is 13.6. The second kappa shape index (κ2) is 10.6. The van der Waals surface area contributed by atoms with Crippen molar-refractivity contribution in [3.05, 3.63) is 34.6 Å². The van der Waals surface area contributed by atoms with Gasteiger partial charge in [-0.15, -0.1) is 0 Å². The Kier molecular flexibility index (Phi) is 9.91. The fraction of sp³-hybridized carbons (Fsp3) is 0.588. The molecule has 20 heavy (non-hydrogen) atoms. The number of nitrogens with one attached hydrogen (secondary N) is 1. The van der Waals surface area contributed by atoms with E-state index in [0.29, 0.717) is 5.92 Å². The van der Waals surface area contributed by atoms with Gasteiger partial charge in [0.1, 0.15) is 12.1 Å². The van der Waals surface area contributed by atoms with Gasteiger partial charge in [0.15, 0.2) is 0 Å². The van der Waals surface area contributed by atoms with E-state index in [9.17, 15) is 4.39 Å². The van der Waals surface area contributed by atoms with Gasteiger partial charge in [0, 0.05) is 6.54 Å². The molecule has 1 fully saturated rings. The number of carbonyl (C=O) groups is 1. The van der Waals surface area contributed by atoms with E-state index in [1.54, 1.807) is 6.07 Å². The third-order valence-electron chi connectivity index (χ3n) is 3.39. The van der Waals surface area contributed by atoms with Crippen LogP contribution in [0.15, 0.2) is 12.1 Å². The van der Waals surface area contributed by atoms with E-state index in [1.165, 1.54) is 19.8 Å². The lowest BCUT2D eigenvalue weighted by atomic mass is 9.89. The summed E-state index contributed by atoms with van der Waals surface area (Å²) in [5.74, 6) is 0.433. The van der Waals surface area contributed by atoms with Gasteiger partial charge in [0.2, 0.25) is 0 Å². The quantitative estimate of drug-likeness (QED) is 0.784. The molecule has 0 spiro atoms. The fourth-order valence-corrected chi connectivity index (χ4v) is 2.21. The highest BCUT2D eigenvalue weighted by atomic mass is 19.1. The smallest absolute Gasteiger partial charge is 0.126 e. The minimum absolute atomic E-state index is 0.0597. The molecule has 0 saturated carbocycles. The Bertz CT molecular complexity index is 375. The summed E-state index contributed by atoms with van der Waals surface area (Å²) in [5.41, 5.74) is 3.00. The minimum Gasteiger partial charge on any atom is -0.316 e. The number of hydrogen-bond donors (Lipinski definition) is 1. The van der Waals surface area contributed by atoms with Gasteiger partial charge in [0.05, 0.1) is 0 Å². The number of aldehydes is 1. The maximum absolute atomic E-state index is 13.6. The van der Waals surface area contributed by atoms with Crippen LogP contribution in [-0.4, -0.2) is 19.4 Å². The van der Waals surface area contributed by atoms with Crippen molar-refractivity contribution < 1.29 is 9.18 Å². The van der Waals surface area contributed by atoms with Crippen LogP contribution in [-0.2, 0) is 4.79 Å². The molecule has 1 aromatic carbocycles. The molecule has 1 aliphatic heterocycles. The Morgan fingerprint density at radius 2 is 1.90 bits per heavy atom. The van der Waals surface area contributed by atoms with Crippen LogP contribution in [0.2, 0.25) is 0 Å². The van der Waals surface area contributed by atoms with Crippen molar-refractivity contribution >= 4 is 6.29 Å². The molecule has 1 N–H and O–H groups in total. The molecule has 2 rings (SSSR count). The highest BCUT2D eigenvalue weighted by molar-refractivity contribution is 5.44. The van der Waals surface area contributed by atoms with E-state index < -0.39 is 0 Å². The van der Waals surface area contributed by atoms with Crippen LogP contribution in [0.4, 0.5) is 4.39 Å². The first kappa shape index (κ1) is 18.8. The molecule has 0 amide bonds. The van der Waals surface area contributed by atoms with E-state index in [0.717, 1.165) is 36.1 Å². The average molecular weight is 281 g/mol. The molecule has 1 aliphatic rings. The van der Waals surface area contributed by atoms with Crippen molar-refractivity contribution in [3.63, 3.8) is 0 Å². The van der Waals surface area contributed by atoms with Crippen molar-refractivity contribution in [2.75, 3.05) is 13.1 Å². The van der Waals surface area contributed by atoms with Crippen molar-refractivity contribution in [1.29, 1.82) is 0 Å². The van der Waals surface area contributed by atoms with Crippen molar-refractivity contribution in [2.45, 2.75) is 53.4 Å². The molecule has 0 aliphatic carbocycles. The van der Waals surface area contributed by atoms with Gasteiger partial charge < -0.3 is 10.1 Å². The van der Waals surface area contributed by atoms with Crippen molar-refractivity contribution in [1.82, 2.24) is 5.32 Å². The molecule has 1 heterocycles. The minimum atomic E-state index is -0.0597. The molecule has 1 saturated heterocycles. The number of rotatable bonds is 1. The zero-order valence-corrected chi connectivity index (χ0v) is 13.4. The third-order valence-corrected chi connectivity index (χ3v) is 3.39. The number of hydrogen-bond acceptors (Lipinski definition) is 2. The zero-order valence-electron chi connectivity index (χ0n) is 13.4. The van der Waals surface area contributed by atoms with Crippen molar-refractivity contribution in [2.24, 2.45) is 0 Å². The zero-order chi connectivity index (χ0) is 15.5. The summed E-state index contributed by atoms with van der Waals surface area (Å²) in [5, 5.41) is 3.36. The summed E-state index contributed by atoms with van der Waals surface area (Å²) < 4.78 is 13.6. The Hall–Kier alpha value is -1.22. The molecule has 3 heteroatoms. The third kappa shape index (κ3) is 5.83. The molecule has 1 aromatic rings. The van der Waals surface area contributed by atoms with E-state index in [4.69, 9.17) is 4.79 Å². The first-order valence-electron chi connectivity index (χ1n) is 7.47. The number of benzene rings is 1. The molecule has 1 unspecified atom stereocenters. The first-order valence-corrected chi connectivity index (χ1v) is 7.47. The summed E-state index contributed by atoms with van der Waals surface area (Å²) in [6.07, 6.45) is 3.12. The van der Waals surface area contributed by atoms with Crippen LogP contribution in [0, 0.1) is 19.7 Å². The van der Waals surface area contributed by atoms with E-state index in [-0.39, 0.29) is 5.82 Å². The fourth-order valence-electron chi connectivity index (χ4n) is 2.21. The van der Waals surface area contributed by atoms with Crippen LogP contribution < -0.4 is 5.32 Å². The lowest BCUT2D eigenvalue weighted by Crippen LogP contribution is -2.28. The van der Waals surface area contributed by atoms with Gasteiger partial charge >= 0.3 is 0 Å². The highest BCUT2D eigenvalue weighted by Gasteiger charge is 2.16. The molecular formula is C17H28FNO. The average Bonchev–Trinajstić information content (AvgIpc) is 2.48. The molecular weight excluding hydrogens is 253 g/mol. The molecule has 2 nitrogen and oxygen atoms in total. The molecule has 1 atom stereocenters. The van der Waals surface area contributed by atoms with Crippen LogP contribution >= 0.6 is 0 Å². The number of piperidine rings is 1. The van der Waals surface area contributed by atoms with E-state index in [1.807, 2.05) is 27.7 Å². The van der Waals surface area contributed by atoms with Gasteiger partial charge in [0.25, 0.3) is 0 Å². The van der Waals surface area contributed by atoms with Crippen molar-refractivity contribution in [3.8, 4) is 0 Å². The Balaban J connectivity index is 0.000000641.